The molecule has 0 bridgehead atoms. The van der Waals surface area contributed by atoms with Crippen LogP contribution >= 0.6 is 0 Å². The monoisotopic (exact) mass is 210 g/mol. The van der Waals surface area contributed by atoms with Crippen LogP contribution in [0.5, 0.6) is 0 Å². The van der Waals surface area contributed by atoms with E-state index in [9.17, 15) is 0 Å². The molecular weight excluding hydrogens is 192 g/mol. The van der Waals surface area contributed by atoms with Crippen molar-refractivity contribution in [2.75, 3.05) is 44.5 Å². The standard InChI is InChI=1S/C11H18N2O2/c1-14-8-9-15-7-6-13-11-5-3-2-4-10(11)12/h2-5,13H,6-9,12H2,1H3. The number of nitrogens with two attached hydrogens (primary N) is 1. The maximum absolute atomic E-state index is 5.76. The first kappa shape index (κ1) is 11.8. The van der Waals surface area contributed by atoms with Gasteiger partial charge in [-0.15, -0.1) is 0 Å². The molecule has 0 atom stereocenters. The van der Waals surface area contributed by atoms with Crippen LogP contribution in [0.2, 0.25) is 0 Å². The summed E-state index contributed by atoms with van der Waals surface area (Å²) in [4.78, 5) is 0. The molecule has 0 aromatic heterocycles. The van der Waals surface area contributed by atoms with E-state index in [1.165, 1.54) is 0 Å². The van der Waals surface area contributed by atoms with Crippen molar-refractivity contribution in [1.29, 1.82) is 0 Å². The molecular formula is C11H18N2O2. The Bertz CT molecular complexity index is 279. The molecule has 4 nitrogen and oxygen atoms in total. The number of ether oxygens (including phenoxy) is 2. The number of nitrogen functional groups attached to an aromatic ring is 1. The minimum absolute atomic E-state index is 0.627. The van der Waals surface area contributed by atoms with Gasteiger partial charge in [0.1, 0.15) is 0 Å². The van der Waals surface area contributed by atoms with Gasteiger partial charge in [-0.25, -0.2) is 0 Å². The summed E-state index contributed by atoms with van der Waals surface area (Å²) in [7, 11) is 1.66. The van der Waals surface area contributed by atoms with E-state index >= 15 is 0 Å². The van der Waals surface area contributed by atoms with E-state index in [1.807, 2.05) is 24.3 Å². The van der Waals surface area contributed by atoms with Crippen molar-refractivity contribution in [1.82, 2.24) is 0 Å². The summed E-state index contributed by atoms with van der Waals surface area (Å²) in [5, 5.41) is 3.20. The molecule has 0 saturated carbocycles. The number of nitrogens with one attached hydrogen (secondary N) is 1. The first-order chi connectivity index (χ1) is 7.34. The highest BCUT2D eigenvalue weighted by molar-refractivity contribution is 5.65. The van der Waals surface area contributed by atoms with Crippen LogP contribution in [0, 0.1) is 0 Å². The Hall–Kier alpha value is -1.26. The first-order valence-corrected chi connectivity index (χ1v) is 4.99. The zero-order chi connectivity index (χ0) is 10.9. The molecule has 84 valence electrons. The van der Waals surface area contributed by atoms with Gasteiger partial charge in [0.05, 0.1) is 31.2 Å². The second-order valence-electron chi connectivity index (χ2n) is 3.12. The van der Waals surface area contributed by atoms with Crippen molar-refractivity contribution in [2.45, 2.75) is 0 Å². The Morgan fingerprint density at radius 1 is 1.20 bits per heavy atom. The average Bonchev–Trinajstić information content (AvgIpc) is 2.25. The molecule has 0 saturated heterocycles. The van der Waals surface area contributed by atoms with Gasteiger partial charge < -0.3 is 20.5 Å². The molecule has 0 aliphatic carbocycles. The smallest absolute Gasteiger partial charge is 0.0701 e. The third-order valence-corrected chi connectivity index (χ3v) is 1.95. The van der Waals surface area contributed by atoms with E-state index in [2.05, 4.69) is 5.32 Å². The number of para-hydroxylation sites is 2. The Balaban J connectivity index is 2.12. The van der Waals surface area contributed by atoms with E-state index in [0.29, 0.717) is 19.8 Å². The zero-order valence-electron chi connectivity index (χ0n) is 9.03. The third-order valence-electron chi connectivity index (χ3n) is 1.95. The average molecular weight is 210 g/mol. The molecule has 0 heterocycles. The van der Waals surface area contributed by atoms with Crippen molar-refractivity contribution in [3.05, 3.63) is 24.3 Å². The quantitative estimate of drug-likeness (QED) is 0.527. The third kappa shape index (κ3) is 4.67. The molecule has 15 heavy (non-hydrogen) atoms. The molecule has 0 fully saturated rings. The Morgan fingerprint density at radius 3 is 2.73 bits per heavy atom. The Kier molecular flexibility index (Phi) is 5.58. The van der Waals surface area contributed by atoms with Gasteiger partial charge in [0.25, 0.3) is 0 Å². The predicted octanol–water partition coefficient (Wildman–Crippen LogP) is 1.34. The van der Waals surface area contributed by atoms with Crippen LogP contribution in [0.15, 0.2) is 24.3 Å². The van der Waals surface area contributed by atoms with Gasteiger partial charge >= 0.3 is 0 Å². The highest BCUT2D eigenvalue weighted by atomic mass is 16.5. The Morgan fingerprint density at radius 2 is 2.00 bits per heavy atom. The van der Waals surface area contributed by atoms with Gasteiger partial charge in [-0.3, -0.25) is 0 Å². The lowest BCUT2D eigenvalue weighted by Gasteiger charge is -2.09. The minimum Gasteiger partial charge on any atom is -0.397 e. The lowest BCUT2D eigenvalue weighted by atomic mass is 10.3. The molecule has 1 aromatic rings. The normalized spacial score (nSPS) is 10.2. The molecule has 0 amide bonds. The number of hydrogen-bond acceptors (Lipinski definition) is 4. The molecule has 4 heteroatoms. The van der Waals surface area contributed by atoms with E-state index in [4.69, 9.17) is 15.2 Å². The lowest BCUT2D eigenvalue weighted by Crippen LogP contribution is -2.12. The van der Waals surface area contributed by atoms with Crippen LogP contribution in [0.1, 0.15) is 0 Å². The second-order valence-corrected chi connectivity index (χ2v) is 3.12. The lowest BCUT2D eigenvalue weighted by molar-refractivity contribution is 0.0759. The summed E-state index contributed by atoms with van der Waals surface area (Å²) in [6.45, 7) is 2.66. The molecule has 0 aliphatic rings. The number of benzene rings is 1. The number of methoxy groups -OCH3 is 1. The molecule has 1 aromatic carbocycles. The first-order valence-electron chi connectivity index (χ1n) is 4.99. The van der Waals surface area contributed by atoms with E-state index in [-0.39, 0.29) is 0 Å². The maximum Gasteiger partial charge on any atom is 0.0701 e. The van der Waals surface area contributed by atoms with Gasteiger partial charge in [0.2, 0.25) is 0 Å². The molecule has 0 spiro atoms. The second kappa shape index (κ2) is 7.09. The molecule has 0 unspecified atom stereocenters. The molecule has 0 radical (unpaired) electrons. The van der Waals surface area contributed by atoms with Crippen molar-refractivity contribution in [3.8, 4) is 0 Å². The summed E-state index contributed by atoms with van der Waals surface area (Å²) in [6.07, 6.45) is 0. The molecule has 3 N–H and O–H groups in total. The topological polar surface area (TPSA) is 56.5 Å². The highest BCUT2D eigenvalue weighted by Gasteiger charge is 1.95. The fraction of sp³-hybridized carbons (Fsp3) is 0.455. The minimum atomic E-state index is 0.627. The van der Waals surface area contributed by atoms with Crippen LogP contribution in [-0.4, -0.2) is 33.5 Å². The van der Waals surface area contributed by atoms with Gasteiger partial charge in [-0.1, -0.05) is 12.1 Å². The van der Waals surface area contributed by atoms with Crippen LogP contribution in [0.3, 0.4) is 0 Å². The van der Waals surface area contributed by atoms with Crippen LogP contribution in [0.25, 0.3) is 0 Å². The fourth-order valence-corrected chi connectivity index (χ4v) is 1.16. The van der Waals surface area contributed by atoms with Crippen LogP contribution in [-0.2, 0) is 9.47 Å². The van der Waals surface area contributed by atoms with Crippen molar-refractivity contribution in [2.24, 2.45) is 0 Å². The van der Waals surface area contributed by atoms with Crippen LogP contribution < -0.4 is 11.1 Å². The zero-order valence-corrected chi connectivity index (χ0v) is 9.03. The summed E-state index contributed by atoms with van der Waals surface area (Å²) < 4.78 is 10.2. The summed E-state index contributed by atoms with van der Waals surface area (Å²) in [5.74, 6) is 0. The van der Waals surface area contributed by atoms with Crippen LogP contribution in [0.4, 0.5) is 11.4 Å². The highest BCUT2D eigenvalue weighted by Crippen LogP contribution is 2.15. The van der Waals surface area contributed by atoms with Gasteiger partial charge in [-0.05, 0) is 12.1 Å². The van der Waals surface area contributed by atoms with Gasteiger partial charge in [0, 0.05) is 13.7 Å². The SMILES string of the molecule is COCCOCCNc1ccccc1N. The fourth-order valence-electron chi connectivity index (χ4n) is 1.16. The number of anilines is 2. The van der Waals surface area contributed by atoms with E-state index in [0.717, 1.165) is 17.9 Å². The summed E-state index contributed by atoms with van der Waals surface area (Å²) in [6, 6.07) is 7.68. The number of rotatable bonds is 7. The van der Waals surface area contributed by atoms with Crippen molar-refractivity contribution < 1.29 is 9.47 Å². The largest absolute Gasteiger partial charge is 0.397 e. The number of hydrogen-bond donors (Lipinski definition) is 2. The molecule has 1 rings (SSSR count). The van der Waals surface area contributed by atoms with E-state index in [1.54, 1.807) is 7.11 Å². The molecule has 0 aliphatic heterocycles. The van der Waals surface area contributed by atoms with Crippen molar-refractivity contribution in [3.63, 3.8) is 0 Å². The van der Waals surface area contributed by atoms with Gasteiger partial charge in [-0.2, -0.15) is 0 Å². The predicted molar refractivity (Wildman–Crippen MR) is 62.0 cm³/mol. The summed E-state index contributed by atoms with van der Waals surface area (Å²) in [5.41, 5.74) is 7.47. The maximum atomic E-state index is 5.76. The van der Waals surface area contributed by atoms with Crippen molar-refractivity contribution >= 4 is 11.4 Å². The van der Waals surface area contributed by atoms with E-state index < -0.39 is 0 Å². The van der Waals surface area contributed by atoms with Gasteiger partial charge in [0.15, 0.2) is 0 Å². The summed E-state index contributed by atoms with van der Waals surface area (Å²) >= 11 is 0. The Labute approximate surface area is 90.4 Å².